The number of unbranched alkanes of at least 4 members (excludes halogenated alkanes) is 4. The van der Waals surface area contributed by atoms with E-state index in [1.54, 1.807) is 0 Å². The first-order chi connectivity index (χ1) is 13.4. The first kappa shape index (κ1) is 26.1. The number of rotatable bonds is 9. The van der Waals surface area contributed by atoms with Crippen molar-refractivity contribution in [3.8, 4) is 0 Å². The lowest BCUT2D eigenvalue weighted by molar-refractivity contribution is -0.137. The van der Waals surface area contributed by atoms with Crippen LogP contribution in [0.4, 0.5) is 18.9 Å². The van der Waals surface area contributed by atoms with Crippen molar-refractivity contribution >= 4 is 63.7 Å². The van der Waals surface area contributed by atoms with E-state index in [9.17, 15) is 18.0 Å². The SMILES string of the molecule is CCCCCCCC(=O)NC(NC(=S)Nc1cccc(C(F)(F)F)c1)C(Cl)(Cl)Cl. The van der Waals surface area contributed by atoms with E-state index in [0.717, 1.165) is 37.8 Å². The third-order valence-corrected chi connectivity index (χ3v) is 4.74. The summed E-state index contributed by atoms with van der Waals surface area (Å²) in [5.74, 6) is -0.327. The number of carbonyl (C=O) groups excluding carboxylic acids is 1. The lowest BCUT2D eigenvalue weighted by Crippen LogP contribution is -2.56. The van der Waals surface area contributed by atoms with Crippen molar-refractivity contribution in [2.45, 2.75) is 61.6 Å². The molecule has 1 unspecified atom stereocenters. The minimum absolute atomic E-state index is 0.0997. The zero-order chi connectivity index (χ0) is 22.1. The van der Waals surface area contributed by atoms with Crippen molar-refractivity contribution < 1.29 is 18.0 Å². The van der Waals surface area contributed by atoms with Crippen LogP contribution in [0.1, 0.15) is 51.0 Å². The summed E-state index contributed by atoms with van der Waals surface area (Å²) in [5, 5.41) is 7.65. The van der Waals surface area contributed by atoms with E-state index in [-0.39, 0.29) is 23.1 Å². The van der Waals surface area contributed by atoms with Crippen LogP contribution in [0, 0.1) is 0 Å². The highest BCUT2D eigenvalue weighted by atomic mass is 35.6. The molecule has 0 fully saturated rings. The Morgan fingerprint density at radius 2 is 1.76 bits per heavy atom. The molecule has 0 radical (unpaired) electrons. The largest absolute Gasteiger partial charge is 0.416 e. The van der Waals surface area contributed by atoms with Crippen LogP contribution >= 0.6 is 47.0 Å². The van der Waals surface area contributed by atoms with Gasteiger partial charge < -0.3 is 16.0 Å². The van der Waals surface area contributed by atoms with Gasteiger partial charge in [0, 0.05) is 12.1 Å². The second-order valence-electron chi connectivity index (χ2n) is 6.38. The quantitative estimate of drug-likeness (QED) is 0.167. The normalized spacial score (nSPS) is 12.9. The highest BCUT2D eigenvalue weighted by Crippen LogP contribution is 2.31. The second kappa shape index (κ2) is 12.0. The maximum atomic E-state index is 12.8. The summed E-state index contributed by atoms with van der Waals surface area (Å²) >= 11 is 22.8. The molecule has 1 aromatic carbocycles. The van der Waals surface area contributed by atoms with E-state index in [1.807, 2.05) is 0 Å². The van der Waals surface area contributed by atoms with Gasteiger partial charge in [-0.15, -0.1) is 0 Å². The fourth-order valence-corrected chi connectivity index (χ4v) is 2.96. The summed E-state index contributed by atoms with van der Waals surface area (Å²) in [6, 6.07) is 4.47. The average molecular weight is 493 g/mol. The number of benzene rings is 1. The number of thiocarbonyl (C=S) groups is 1. The van der Waals surface area contributed by atoms with Gasteiger partial charge in [-0.3, -0.25) is 4.79 Å². The maximum Gasteiger partial charge on any atom is 0.416 e. The first-order valence-corrected chi connectivity index (χ1v) is 10.6. The topological polar surface area (TPSA) is 53.2 Å². The van der Waals surface area contributed by atoms with Crippen molar-refractivity contribution in [2.24, 2.45) is 0 Å². The smallest absolute Gasteiger partial charge is 0.339 e. The summed E-state index contributed by atoms with van der Waals surface area (Å²) < 4.78 is 36.5. The molecule has 0 heterocycles. The number of hydrogen-bond donors (Lipinski definition) is 3. The predicted octanol–water partition coefficient (Wildman–Crippen LogP) is 6.16. The molecule has 0 aliphatic heterocycles. The Labute approximate surface area is 188 Å². The molecule has 0 saturated carbocycles. The molecule has 29 heavy (non-hydrogen) atoms. The number of anilines is 1. The van der Waals surface area contributed by atoms with Gasteiger partial charge in [-0.2, -0.15) is 13.2 Å². The molecular weight excluding hydrogens is 470 g/mol. The Balaban J connectivity index is 2.64. The molecule has 0 spiro atoms. The molecule has 1 rings (SSSR count). The van der Waals surface area contributed by atoms with Crippen molar-refractivity contribution in [1.82, 2.24) is 10.6 Å². The number of alkyl halides is 6. The highest BCUT2D eigenvalue weighted by molar-refractivity contribution is 7.80. The van der Waals surface area contributed by atoms with Crippen molar-refractivity contribution in [2.75, 3.05) is 5.32 Å². The van der Waals surface area contributed by atoms with Crippen LogP contribution in [0.5, 0.6) is 0 Å². The standard InChI is InChI=1S/C18H23Cl3F3N3OS/c1-2-3-4-5-6-10-14(28)26-15(17(19,20)21)27-16(29)25-13-9-7-8-12(11-13)18(22,23)24/h7-9,11,15H,2-6,10H2,1H3,(H,26,28)(H2,25,27,29). The fourth-order valence-electron chi connectivity index (χ4n) is 2.39. The Kier molecular flexibility index (Phi) is 10.8. The Morgan fingerprint density at radius 1 is 1.10 bits per heavy atom. The maximum absolute atomic E-state index is 12.8. The molecule has 11 heteroatoms. The van der Waals surface area contributed by atoms with Gasteiger partial charge in [-0.05, 0) is 36.8 Å². The van der Waals surface area contributed by atoms with E-state index in [4.69, 9.17) is 47.0 Å². The minimum atomic E-state index is -4.49. The van der Waals surface area contributed by atoms with Gasteiger partial charge in [0.05, 0.1) is 5.56 Å². The lowest BCUT2D eigenvalue weighted by atomic mass is 10.1. The summed E-state index contributed by atoms with van der Waals surface area (Å²) in [4.78, 5) is 12.1. The minimum Gasteiger partial charge on any atom is -0.339 e. The third kappa shape index (κ3) is 10.6. The summed E-state index contributed by atoms with van der Waals surface area (Å²) in [6.45, 7) is 2.10. The Morgan fingerprint density at radius 3 is 2.34 bits per heavy atom. The first-order valence-electron chi connectivity index (χ1n) is 9.04. The molecule has 3 N–H and O–H groups in total. The number of nitrogens with one attached hydrogen (secondary N) is 3. The summed E-state index contributed by atoms with van der Waals surface area (Å²) in [5.41, 5.74) is -0.734. The second-order valence-corrected chi connectivity index (χ2v) is 9.16. The Bertz CT molecular complexity index is 684. The molecular formula is C18H23Cl3F3N3OS. The van der Waals surface area contributed by atoms with Gasteiger partial charge in [0.2, 0.25) is 9.70 Å². The van der Waals surface area contributed by atoms with E-state index >= 15 is 0 Å². The van der Waals surface area contributed by atoms with Crippen LogP contribution in [0.15, 0.2) is 24.3 Å². The zero-order valence-corrected chi connectivity index (χ0v) is 18.8. The number of halogens is 6. The lowest BCUT2D eigenvalue weighted by Gasteiger charge is -2.28. The molecule has 4 nitrogen and oxygen atoms in total. The van der Waals surface area contributed by atoms with Crippen molar-refractivity contribution in [1.29, 1.82) is 0 Å². The van der Waals surface area contributed by atoms with Gasteiger partial charge in [0.15, 0.2) is 5.11 Å². The van der Waals surface area contributed by atoms with Crippen LogP contribution in [0.3, 0.4) is 0 Å². The summed E-state index contributed by atoms with van der Waals surface area (Å²) in [7, 11) is 0. The number of amides is 1. The van der Waals surface area contributed by atoms with E-state index < -0.39 is 21.7 Å². The average Bonchev–Trinajstić information content (AvgIpc) is 2.59. The van der Waals surface area contributed by atoms with Crippen LogP contribution in [-0.2, 0) is 11.0 Å². The van der Waals surface area contributed by atoms with Gasteiger partial charge in [0.1, 0.15) is 6.17 Å². The fraction of sp³-hybridized carbons (Fsp3) is 0.556. The molecule has 1 atom stereocenters. The number of hydrogen-bond acceptors (Lipinski definition) is 2. The van der Waals surface area contributed by atoms with Gasteiger partial charge in [-0.25, -0.2) is 0 Å². The van der Waals surface area contributed by atoms with Gasteiger partial charge >= 0.3 is 6.18 Å². The van der Waals surface area contributed by atoms with Crippen molar-refractivity contribution in [3.05, 3.63) is 29.8 Å². The van der Waals surface area contributed by atoms with E-state index in [0.29, 0.717) is 6.42 Å². The van der Waals surface area contributed by atoms with Crippen LogP contribution in [-0.4, -0.2) is 21.0 Å². The molecule has 1 amide bonds. The Hall–Kier alpha value is -0.960. The molecule has 0 aliphatic rings. The van der Waals surface area contributed by atoms with Crippen LogP contribution in [0.25, 0.3) is 0 Å². The molecule has 0 bridgehead atoms. The zero-order valence-electron chi connectivity index (χ0n) is 15.7. The molecule has 0 aliphatic carbocycles. The third-order valence-electron chi connectivity index (χ3n) is 3.86. The van der Waals surface area contributed by atoms with Crippen LogP contribution < -0.4 is 16.0 Å². The summed E-state index contributed by atoms with van der Waals surface area (Å²) in [6.07, 6.45) is -0.526. The molecule has 0 aromatic heterocycles. The highest BCUT2D eigenvalue weighted by Gasteiger charge is 2.35. The van der Waals surface area contributed by atoms with E-state index in [2.05, 4.69) is 22.9 Å². The van der Waals surface area contributed by atoms with Crippen LogP contribution in [0.2, 0.25) is 0 Å². The van der Waals surface area contributed by atoms with E-state index in [1.165, 1.54) is 12.1 Å². The number of carbonyl (C=O) groups is 1. The van der Waals surface area contributed by atoms with Gasteiger partial charge in [0.25, 0.3) is 0 Å². The molecule has 164 valence electrons. The van der Waals surface area contributed by atoms with Crippen molar-refractivity contribution in [3.63, 3.8) is 0 Å². The predicted molar refractivity (Wildman–Crippen MR) is 116 cm³/mol. The molecule has 1 aromatic rings. The van der Waals surface area contributed by atoms with Gasteiger partial charge in [-0.1, -0.05) is 73.5 Å². The molecule has 0 saturated heterocycles. The monoisotopic (exact) mass is 491 g/mol.